The van der Waals surface area contributed by atoms with Gasteiger partial charge in [0, 0.05) is 6.54 Å². The normalized spacial score (nSPS) is 13.1. The molecule has 0 spiro atoms. The van der Waals surface area contributed by atoms with Gasteiger partial charge in [0.25, 0.3) is 0 Å². The van der Waals surface area contributed by atoms with Gasteiger partial charge < -0.3 is 26.8 Å². The molecule has 0 heterocycles. The molecule has 0 aromatic heterocycles. The second-order valence-corrected chi connectivity index (χ2v) is 5.04. The Bertz CT molecular complexity index is 410. The summed E-state index contributed by atoms with van der Waals surface area (Å²) in [5.41, 5.74) is 4.89. The lowest BCUT2D eigenvalue weighted by Gasteiger charge is -2.18. The zero-order valence-corrected chi connectivity index (χ0v) is 12.3. The van der Waals surface area contributed by atoms with Crippen LogP contribution in [0.25, 0.3) is 0 Å². The summed E-state index contributed by atoms with van der Waals surface area (Å²) in [5, 5.41) is 15.8. The monoisotopic (exact) mass is 302 g/mol. The van der Waals surface area contributed by atoms with Crippen molar-refractivity contribution in [2.45, 2.75) is 39.3 Å². The Hall–Kier alpha value is -2.32. The van der Waals surface area contributed by atoms with Crippen molar-refractivity contribution in [3.8, 4) is 0 Å². The number of hydrogen-bond acceptors (Lipinski definition) is 4. The zero-order valence-electron chi connectivity index (χ0n) is 12.3. The average Bonchev–Trinajstić information content (AvgIpc) is 2.33. The Kier molecular flexibility index (Phi) is 7.80. The molecule has 0 saturated carbocycles. The average molecular weight is 302 g/mol. The van der Waals surface area contributed by atoms with Gasteiger partial charge in [-0.2, -0.15) is 0 Å². The Labute approximate surface area is 122 Å². The van der Waals surface area contributed by atoms with Crippen LogP contribution in [-0.2, 0) is 14.4 Å². The van der Waals surface area contributed by atoms with Gasteiger partial charge in [-0.15, -0.1) is 0 Å². The second kappa shape index (κ2) is 8.77. The van der Waals surface area contributed by atoms with Crippen LogP contribution in [0.5, 0.6) is 0 Å². The molecule has 0 radical (unpaired) electrons. The topological polar surface area (TPSA) is 151 Å². The highest BCUT2D eigenvalue weighted by Crippen LogP contribution is 1.93. The number of rotatable bonds is 8. The predicted molar refractivity (Wildman–Crippen MR) is 74.2 cm³/mol. The van der Waals surface area contributed by atoms with E-state index in [-0.39, 0.29) is 11.8 Å². The van der Waals surface area contributed by atoms with Crippen molar-refractivity contribution >= 4 is 23.8 Å². The third-order valence-corrected chi connectivity index (χ3v) is 2.43. The predicted octanol–water partition coefficient (Wildman–Crippen LogP) is -1.23. The first-order valence-electron chi connectivity index (χ1n) is 6.49. The molecule has 0 rings (SSSR count). The largest absolute Gasteiger partial charge is 0.480 e. The minimum absolute atomic E-state index is 0.266. The number of hydrogen-bond donors (Lipinski definition) is 5. The first-order valence-corrected chi connectivity index (χ1v) is 6.49. The van der Waals surface area contributed by atoms with Gasteiger partial charge in [-0.1, -0.05) is 13.8 Å². The molecular formula is C12H22N4O5. The molecule has 0 bridgehead atoms. The number of amides is 4. The molecule has 0 saturated heterocycles. The number of carbonyl (C=O) groups excluding carboxylic acids is 3. The first kappa shape index (κ1) is 18.7. The molecule has 0 aliphatic carbocycles. The van der Waals surface area contributed by atoms with E-state index < -0.39 is 36.4 Å². The van der Waals surface area contributed by atoms with E-state index in [1.54, 1.807) is 0 Å². The number of nitrogens with one attached hydrogen (secondary N) is 3. The molecular weight excluding hydrogens is 280 g/mol. The summed E-state index contributed by atoms with van der Waals surface area (Å²) in [6, 6.07) is -3.14. The van der Waals surface area contributed by atoms with E-state index in [2.05, 4.69) is 16.0 Å². The minimum Gasteiger partial charge on any atom is -0.480 e. The van der Waals surface area contributed by atoms with Gasteiger partial charge >= 0.3 is 12.0 Å². The van der Waals surface area contributed by atoms with Crippen LogP contribution in [-0.4, -0.2) is 47.5 Å². The van der Waals surface area contributed by atoms with Crippen LogP contribution in [0.2, 0.25) is 0 Å². The summed E-state index contributed by atoms with van der Waals surface area (Å²) in [6.45, 7) is 5.77. The van der Waals surface area contributed by atoms with Crippen LogP contribution in [0, 0.1) is 5.92 Å². The number of nitrogens with two attached hydrogens (primary N) is 1. The highest BCUT2D eigenvalue weighted by atomic mass is 16.4. The van der Waals surface area contributed by atoms with Crippen LogP contribution < -0.4 is 21.7 Å². The molecule has 2 atom stereocenters. The molecule has 9 nitrogen and oxygen atoms in total. The summed E-state index contributed by atoms with van der Waals surface area (Å²) in [4.78, 5) is 44.7. The minimum atomic E-state index is -1.44. The summed E-state index contributed by atoms with van der Waals surface area (Å²) in [6.07, 6.45) is -0.531. The van der Waals surface area contributed by atoms with Gasteiger partial charge in [0.2, 0.25) is 11.8 Å². The van der Waals surface area contributed by atoms with Gasteiger partial charge in [-0.25, -0.2) is 9.59 Å². The number of carbonyl (C=O) groups is 4. The van der Waals surface area contributed by atoms with Gasteiger partial charge in [0.1, 0.15) is 12.1 Å². The quantitative estimate of drug-likeness (QED) is 0.380. The molecule has 1 unspecified atom stereocenters. The van der Waals surface area contributed by atoms with E-state index in [4.69, 9.17) is 10.8 Å². The van der Waals surface area contributed by atoms with Crippen molar-refractivity contribution in [1.29, 1.82) is 0 Å². The number of urea groups is 1. The van der Waals surface area contributed by atoms with Crippen LogP contribution in [0.4, 0.5) is 4.79 Å². The smallest absolute Gasteiger partial charge is 0.326 e. The lowest BCUT2D eigenvalue weighted by Crippen LogP contribution is -2.53. The van der Waals surface area contributed by atoms with Crippen molar-refractivity contribution in [2.75, 3.05) is 6.54 Å². The van der Waals surface area contributed by atoms with Gasteiger partial charge in [0.15, 0.2) is 0 Å². The Morgan fingerprint density at radius 1 is 1.10 bits per heavy atom. The Morgan fingerprint density at radius 3 is 2.10 bits per heavy atom. The standard InChI is InChI=1S/C12H22N4O5/c1-6(2)5-14-10(18)7(3)15-12(21)16-8(11(19)20)4-9(13)17/h6-8H,4-5H2,1-3H3,(H2,13,17)(H,14,18)(H,19,20)(H2,15,16,21)/t7?,8-/m0/s1. The molecule has 0 aromatic rings. The molecule has 0 aliphatic heterocycles. The zero-order chi connectivity index (χ0) is 16.6. The van der Waals surface area contributed by atoms with Gasteiger partial charge in [0.05, 0.1) is 6.42 Å². The molecule has 21 heavy (non-hydrogen) atoms. The number of carboxylic acid groups (broad SMARTS) is 1. The van der Waals surface area contributed by atoms with Crippen molar-refractivity contribution in [2.24, 2.45) is 11.7 Å². The van der Waals surface area contributed by atoms with Crippen LogP contribution in [0.3, 0.4) is 0 Å². The highest BCUT2D eigenvalue weighted by Gasteiger charge is 2.23. The molecule has 4 amide bonds. The number of aliphatic carboxylic acids is 1. The highest BCUT2D eigenvalue weighted by molar-refractivity contribution is 5.90. The second-order valence-electron chi connectivity index (χ2n) is 5.04. The third-order valence-electron chi connectivity index (χ3n) is 2.43. The summed E-state index contributed by atoms with van der Waals surface area (Å²) in [5.74, 6) is -2.37. The molecule has 6 N–H and O–H groups in total. The van der Waals surface area contributed by atoms with Crippen molar-refractivity contribution in [3.05, 3.63) is 0 Å². The van der Waals surface area contributed by atoms with Crippen LogP contribution >= 0.6 is 0 Å². The summed E-state index contributed by atoms with van der Waals surface area (Å²) < 4.78 is 0. The maximum absolute atomic E-state index is 11.6. The lowest BCUT2D eigenvalue weighted by molar-refractivity contribution is -0.140. The van der Waals surface area contributed by atoms with E-state index in [1.807, 2.05) is 13.8 Å². The summed E-state index contributed by atoms with van der Waals surface area (Å²) >= 11 is 0. The van der Waals surface area contributed by atoms with E-state index >= 15 is 0 Å². The first-order chi connectivity index (χ1) is 9.63. The van der Waals surface area contributed by atoms with Crippen molar-refractivity contribution in [3.63, 3.8) is 0 Å². The van der Waals surface area contributed by atoms with E-state index in [0.717, 1.165) is 0 Å². The van der Waals surface area contributed by atoms with Crippen LogP contribution in [0.1, 0.15) is 27.2 Å². The van der Waals surface area contributed by atoms with Gasteiger partial charge in [-0.05, 0) is 12.8 Å². The Balaban J connectivity index is 4.36. The fraction of sp³-hybridized carbons (Fsp3) is 0.667. The fourth-order valence-corrected chi connectivity index (χ4v) is 1.32. The summed E-state index contributed by atoms with van der Waals surface area (Å²) in [7, 11) is 0. The maximum Gasteiger partial charge on any atom is 0.326 e. The molecule has 120 valence electrons. The number of carboxylic acids is 1. The van der Waals surface area contributed by atoms with E-state index in [0.29, 0.717) is 6.54 Å². The SMILES string of the molecule is CC(C)CNC(=O)C(C)NC(=O)N[C@@H](CC(N)=O)C(=O)O. The third kappa shape index (κ3) is 8.45. The molecule has 0 fully saturated rings. The van der Waals surface area contributed by atoms with E-state index in [1.165, 1.54) is 6.92 Å². The number of primary amides is 1. The van der Waals surface area contributed by atoms with Gasteiger partial charge in [-0.3, -0.25) is 9.59 Å². The van der Waals surface area contributed by atoms with E-state index in [9.17, 15) is 19.2 Å². The van der Waals surface area contributed by atoms with Crippen molar-refractivity contribution < 1.29 is 24.3 Å². The fourth-order valence-electron chi connectivity index (χ4n) is 1.32. The molecule has 9 heteroatoms. The Morgan fingerprint density at radius 2 is 1.67 bits per heavy atom. The maximum atomic E-state index is 11.6. The molecule has 0 aliphatic rings. The van der Waals surface area contributed by atoms with Crippen molar-refractivity contribution in [1.82, 2.24) is 16.0 Å². The lowest BCUT2D eigenvalue weighted by atomic mass is 10.2. The molecule has 0 aromatic carbocycles. The van der Waals surface area contributed by atoms with Crippen LogP contribution in [0.15, 0.2) is 0 Å².